The summed E-state index contributed by atoms with van der Waals surface area (Å²) in [6.45, 7) is 3.46. The summed E-state index contributed by atoms with van der Waals surface area (Å²) in [6.07, 6.45) is 0. The molecule has 8 heteroatoms. The van der Waals surface area contributed by atoms with Gasteiger partial charge in [-0.3, -0.25) is 25.2 Å². The normalized spacial score (nSPS) is 10.2. The lowest BCUT2D eigenvalue weighted by atomic mass is 10.2. The zero-order valence-electron chi connectivity index (χ0n) is 12.3. The maximum absolute atomic E-state index is 11.6. The van der Waals surface area contributed by atoms with E-state index in [-0.39, 0.29) is 11.8 Å². The van der Waals surface area contributed by atoms with Gasteiger partial charge in [-0.05, 0) is 25.5 Å². The number of amides is 3. The number of halogens is 1. The number of hydrazine groups is 1. The van der Waals surface area contributed by atoms with Crippen LogP contribution in [0, 0.1) is 0 Å². The van der Waals surface area contributed by atoms with Crippen molar-refractivity contribution >= 4 is 41.1 Å². The molecule has 0 heterocycles. The van der Waals surface area contributed by atoms with Crippen molar-refractivity contribution in [1.82, 2.24) is 16.2 Å². The van der Waals surface area contributed by atoms with Crippen LogP contribution in [-0.2, 0) is 20.1 Å². The molecule has 0 saturated heterocycles. The fourth-order valence-corrected chi connectivity index (χ4v) is 2.53. The molecule has 1 rings (SSSR count). The number of thioether (sulfide) groups is 1. The van der Waals surface area contributed by atoms with E-state index < -0.39 is 17.7 Å². The summed E-state index contributed by atoms with van der Waals surface area (Å²) in [4.78, 5) is 34.2. The number of benzene rings is 1. The van der Waals surface area contributed by atoms with Crippen LogP contribution in [-0.4, -0.2) is 29.5 Å². The minimum atomic E-state index is -0.904. The molecule has 1 aromatic carbocycles. The molecule has 6 nitrogen and oxygen atoms in total. The summed E-state index contributed by atoms with van der Waals surface area (Å²) >= 11 is 7.35. The van der Waals surface area contributed by atoms with Crippen LogP contribution < -0.4 is 16.2 Å². The molecule has 0 bridgehead atoms. The van der Waals surface area contributed by atoms with E-state index in [0.29, 0.717) is 10.8 Å². The largest absolute Gasteiger partial charge is 0.346 e. The Balaban J connectivity index is 2.25. The van der Waals surface area contributed by atoms with Gasteiger partial charge < -0.3 is 5.32 Å². The van der Waals surface area contributed by atoms with Crippen molar-refractivity contribution in [3.05, 3.63) is 34.9 Å². The first kappa shape index (κ1) is 18.3. The molecule has 1 aromatic rings. The average molecular weight is 344 g/mol. The topological polar surface area (TPSA) is 87.3 Å². The van der Waals surface area contributed by atoms with Gasteiger partial charge in [0, 0.05) is 16.8 Å². The minimum Gasteiger partial charge on any atom is -0.346 e. The fourth-order valence-electron chi connectivity index (χ4n) is 1.42. The standard InChI is InChI=1S/C14H18ClN3O3S/c1-9(2)16-13(20)14(21)18-17-12(19)8-22-7-10-5-3-4-6-11(10)15/h3-6,9H,7-8H2,1-2H3,(H,16,20)(H,17,19)(H,18,21). The maximum Gasteiger partial charge on any atom is 0.327 e. The smallest absolute Gasteiger partial charge is 0.327 e. The first-order valence-corrected chi connectivity index (χ1v) is 8.14. The highest BCUT2D eigenvalue weighted by Crippen LogP contribution is 2.20. The van der Waals surface area contributed by atoms with Gasteiger partial charge in [-0.25, -0.2) is 0 Å². The van der Waals surface area contributed by atoms with Crippen molar-refractivity contribution in [2.45, 2.75) is 25.6 Å². The lowest BCUT2D eigenvalue weighted by molar-refractivity contribution is -0.141. The van der Waals surface area contributed by atoms with E-state index in [2.05, 4.69) is 16.2 Å². The van der Waals surface area contributed by atoms with Gasteiger partial charge in [0.1, 0.15) is 0 Å². The van der Waals surface area contributed by atoms with Crippen LogP contribution in [0.25, 0.3) is 0 Å². The van der Waals surface area contributed by atoms with Crippen molar-refractivity contribution in [3.63, 3.8) is 0 Å². The molecular formula is C14H18ClN3O3S. The third kappa shape index (κ3) is 6.82. The number of rotatable bonds is 5. The van der Waals surface area contributed by atoms with Crippen LogP contribution >= 0.6 is 23.4 Å². The summed E-state index contributed by atoms with van der Waals surface area (Å²) in [6, 6.07) is 7.22. The van der Waals surface area contributed by atoms with Gasteiger partial charge >= 0.3 is 11.8 Å². The van der Waals surface area contributed by atoms with Gasteiger partial charge in [0.2, 0.25) is 5.91 Å². The third-order valence-electron chi connectivity index (χ3n) is 2.39. The van der Waals surface area contributed by atoms with Gasteiger partial charge in [0.25, 0.3) is 0 Å². The lowest BCUT2D eigenvalue weighted by Gasteiger charge is -2.09. The summed E-state index contributed by atoms with van der Waals surface area (Å²) < 4.78 is 0. The van der Waals surface area contributed by atoms with Crippen molar-refractivity contribution in [2.24, 2.45) is 0 Å². The minimum absolute atomic E-state index is 0.136. The Labute approximate surface area is 138 Å². The molecule has 0 aliphatic carbocycles. The van der Waals surface area contributed by atoms with Crippen LogP contribution in [0.5, 0.6) is 0 Å². The highest BCUT2D eigenvalue weighted by molar-refractivity contribution is 7.99. The molecule has 3 amide bonds. The van der Waals surface area contributed by atoms with Gasteiger partial charge in [-0.1, -0.05) is 29.8 Å². The van der Waals surface area contributed by atoms with E-state index in [0.717, 1.165) is 5.56 Å². The zero-order valence-corrected chi connectivity index (χ0v) is 13.9. The Kier molecular flexibility index (Phi) is 7.76. The molecule has 120 valence electrons. The molecule has 22 heavy (non-hydrogen) atoms. The SMILES string of the molecule is CC(C)NC(=O)C(=O)NNC(=O)CSCc1ccccc1Cl. The monoisotopic (exact) mass is 343 g/mol. The molecule has 0 atom stereocenters. The van der Waals surface area contributed by atoms with E-state index in [1.54, 1.807) is 19.9 Å². The van der Waals surface area contributed by atoms with Crippen LogP contribution in [0.3, 0.4) is 0 Å². The quantitative estimate of drug-likeness (QED) is 0.554. The number of carbonyl (C=O) groups is 3. The Bertz CT molecular complexity index is 552. The van der Waals surface area contributed by atoms with Gasteiger partial charge in [0.05, 0.1) is 5.75 Å². The lowest BCUT2D eigenvalue weighted by Crippen LogP contribution is -2.50. The predicted octanol–water partition coefficient (Wildman–Crippen LogP) is 1.25. The first-order valence-electron chi connectivity index (χ1n) is 6.61. The van der Waals surface area contributed by atoms with Crippen molar-refractivity contribution in [3.8, 4) is 0 Å². The van der Waals surface area contributed by atoms with Gasteiger partial charge in [0.15, 0.2) is 0 Å². The summed E-state index contributed by atoms with van der Waals surface area (Å²) in [5.41, 5.74) is 5.17. The van der Waals surface area contributed by atoms with Crippen LogP contribution in [0.1, 0.15) is 19.4 Å². The van der Waals surface area contributed by atoms with Gasteiger partial charge in [-0.15, -0.1) is 11.8 Å². The zero-order chi connectivity index (χ0) is 16.5. The van der Waals surface area contributed by atoms with E-state index in [4.69, 9.17) is 11.6 Å². The van der Waals surface area contributed by atoms with Crippen molar-refractivity contribution in [1.29, 1.82) is 0 Å². The summed E-state index contributed by atoms with van der Waals surface area (Å²) in [5.74, 6) is -1.38. The second-order valence-electron chi connectivity index (χ2n) is 4.71. The van der Waals surface area contributed by atoms with Crippen molar-refractivity contribution in [2.75, 3.05) is 5.75 Å². The summed E-state index contributed by atoms with van der Waals surface area (Å²) in [7, 11) is 0. The molecule has 0 spiro atoms. The number of hydrogen-bond donors (Lipinski definition) is 3. The van der Waals surface area contributed by atoms with Gasteiger partial charge in [-0.2, -0.15) is 0 Å². The van der Waals surface area contributed by atoms with Crippen LogP contribution in [0.4, 0.5) is 0 Å². The molecule has 0 aliphatic rings. The third-order valence-corrected chi connectivity index (χ3v) is 3.74. The molecule has 0 radical (unpaired) electrons. The van der Waals surface area contributed by atoms with Crippen molar-refractivity contribution < 1.29 is 14.4 Å². The Hall–Kier alpha value is -1.73. The Morgan fingerprint density at radius 2 is 1.82 bits per heavy atom. The average Bonchev–Trinajstić information content (AvgIpc) is 2.46. The molecular weight excluding hydrogens is 326 g/mol. The molecule has 0 aliphatic heterocycles. The van der Waals surface area contributed by atoms with E-state index in [9.17, 15) is 14.4 Å². The Morgan fingerprint density at radius 3 is 2.45 bits per heavy atom. The number of carbonyl (C=O) groups excluding carboxylic acids is 3. The van der Waals surface area contributed by atoms with E-state index in [1.165, 1.54) is 11.8 Å². The highest BCUT2D eigenvalue weighted by atomic mass is 35.5. The molecule has 3 N–H and O–H groups in total. The summed E-state index contributed by atoms with van der Waals surface area (Å²) in [5, 5.41) is 3.06. The van der Waals surface area contributed by atoms with Crippen LogP contribution in [0.15, 0.2) is 24.3 Å². The molecule has 0 saturated carbocycles. The highest BCUT2D eigenvalue weighted by Gasteiger charge is 2.14. The Morgan fingerprint density at radius 1 is 1.14 bits per heavy atom. The fraction of sp³-hybridized carbons (Fsp3) is 0.357. The number of hydrogen-bond acceptors (Lipinski definition) is 4. The second kappa shape index (κ2) is 9.32. The first-order chi connectivity index (χ1) is 10.4. The number of nitrogens with one attached hydrogen (secondary N) is 3. The molecule has 0 aromatic heterocycles. The molecule has 0 fully saturated rings. The maximum atomic E-state index is 11.6. The predicted molar refractivity (Wildman–Crippen MR) is 87.2 cm³/mol. The second-order valence-corrected chi connectivity index (χ2v) is 6.11. The van der Waals surface area contributed by atoms with Crippen LogP contribution in [0.2, 0.25) is 5.02 Å². The van der Waals surface area contributed by atoms with E-state index in [1.807, 2.05) is 18.2 Å². The van der Waals surface area contributed by atoms with E-state index >= 15 is 0 Å². The molecule has 0 unspecified atom stereocenters.